The molecule has 0 bridgehead atoms. The van der Waals surface area contributed by atoms with Crippen LogP contribution in [0.3, 0.4) is 0 Å². The number of carbonyl (C=O) groups excluding carboxylic acids is 2. The molecule has 2 aliphatic rings. The van der Waals surface area contributed by atoms with Crippen molar-refractivity contribution in [3.05, 3.63) is 34.4 Å². The molecular formula is C12H10O4. The van der Waals surface area contributed by atoms with E-state index in [9.17, 15) is 9.59 Å². The highest BCUT2D eigenvalue weighted by Gasteiger charge is 2.33. The summed E-state index contributed by atoms with van der Waals surface area (Å²) in [5.41, 5.74) is 2.82. The van der Waals surface area contributed by atoms with Crippen molar-refractivity contribution in [1.29, 1.82) is 0 Å². The number of aliphatic hydroxyl groups is 1. The van der Waals surface area contributed by atoms with E-state index in [1.807, 2.05) is 0 Å². The summed E-state index contributed by atoms with van der Waals surface area (Å²) < 4.78 is 4.54. The molecule has 4 nitrogen and oxygen atoms in total. The molecule has 1 aliphatic heterocycles. The van der Waals surface area contributed by atoms with Crippen LogP contribution in [0.5, 0.6) is 0 Å². The molecule has 1 aliphatic carbocycles. The Morgan fingerprint density at radius 2 is 1.62 bits per heavy atom. The number of hydrogen-bond acceptors (Lipinski definition) is 4. The molecule has 1 N–H and O–H groups in total. The van der Waals surface area contributed by atoms with E-state index in [0.717, 1.165) is 24.0 Å². The smallest absolute Gasteiger partial charge is 0.346 e. The summed E-state index contributed by atoms with van der Waals surface area (Å²) in [5, 5.41) is 9.09. The minimum Gasteiger partial charge on any atom is -0.396 e. The van der Waals surface area contributed by atoms with Crippen LogP contribution in [0.15, 0.2) is 12.1 Å². The van der Waals surface area contributed by atoms with Gasteiger partial charge in [-0.1, -0.05) is 0 Å². The fourth-order valence-electron chi connectivity index (χ4n) is 2.42. The lowest BCUT2D eigenvalue weighted by molar-refractivity contribution is 0.0443. The average molecular weight is 218 g/mol. The maximum Gasteiger partial charge on any atom is 0.346 e. The van der Waals surface area contributed by atoms with Gasteiger partial charge in [0.1, 0.15) is 0 Å². The molecule has 0 unspecified atom stereocenters. The molecule has 16 heavy (non-hydrogen) atoms. The molecule has 0 saturated carbocycles. The molecule has 1 heterocycles. The predicted octanol–water partition coefficient (Wildman–Crippen LogP) is 0.704. The third kappa shape index (κ3) is 1.20. The van der Waals surface area contributed by atoms with Gasteiger partial charge in [-0.05, 0) is 42.0 Å². The maximum atomic E-state index is 11.3. The second-order valence-corrected chi connectivity index (χ2v) is 4.30. The van der Waals surface area contributed by atoms with E-state index in [1.165, 1.54) is 0 Å². The zero-order chi connectivity index (χ0) is 11.3. The van der Waals surface area contributed by atoms with Gasteiger partial charge in [0.15, 0.2) is 0 Å². The fourth-order valence-corrected chi connectivity index (χ4v) is 2.42. The highest BCUT2D eigenvalue weighted by molar-refractivity contribution is 6.14. The van der Waals surface area contributed by atoms with Crippen molar-refractivity contribution < 1.29 is 19.4 Å². The van der Waals surface area contributed by atoms with Crippen LogP contribution in [0.4, 0.5) is 0 Å². The molecule has 82 valence electrons. The van der Waals surface area contributed by atoms with Crippen LogP contribution < -0.4 is 0 Å². The summed E-state index contributed by atoms with van der Waals surface area (Å²) in [4.78, 5) is 22.7. The van der Waals surface area contributed by atoms with Gasteiger partial charge in [-0.2, -0.15) is 0 Å². The van der Waals surface area contributed by atoms with Crippen molar-refractivity contribution in [2.45, 2.75) is 12.8 Å². The summed E-state index contributed by atoms with van der Waals surface area (Å²) in [5.74, 6) is -0.908. The summed E-state index contributed by atoms with van der Waals surface area (Å²) in [6.07, 6.45) is 1.53. The molecule has 4 heteroatoms. The maximum absolute atomic E-state index is 11.3. The molecule has 0 saturated heterocycles. The Morgan fingerprint density at radius 3 is 2.06 bits per heavy atom. The van der Waals surface area contributed by atoms with Gasteiger partial charge in [0.25, 0.3) is 0 Å². The van der Waals surface area contributed by atoms with E-state index < -0.39 is 11.9 Å². The van der Waals surface area contributed by atoms with E-state index in [2.05, 4.69) is 4.74 Å². The number of hydrogen-bond donors (Lipinski definition) is 1. The van der Waals surface area contributed by atoms with Crippen LogP contribution in [0.1, 0.15) is 31.8 Å². The van der Waals surface area contributed by atoms with Gasteiger partial charge in [-0.15, -0.1) is 0 Å². The van der Waals surface area contributed by atoms with Crippen molar-refractivity contribution in [3.63, 3.8) is 0 Å². The first-order chi connectivity index (χ1) is 7.69. The first-order valence-corrected chi connectivity index (χ1v) is 5.22. The Bertz CT molecular complexity index is 461. The normalized spacial score (nSPS) is 18.6. The minimum absolute atomic E-state index is 0.137. The first kappa shape index (κ1) is 9.54. The molecule has 1 aromatic rings. The number of rotatable bonds is 1. The van der Waals surface area contributed by atoms with Gasteiger partial charge in [0.2, 0.25) is 0 Å². The second kappa shape index (κ2) is 3.15. The van der Waals surface area contributed by atoms with Crippen LogP contribution in [0.2, 0.25) is 0 Å². The van der Waals surface area contributed by atoms with Gasteiger partial charge < -0.3 is 9.84 Å². The molecule has 0 spiro atoms. The minimum atomic E-state index is -0.560. The highest BCUT2D eigenvalue weighted by atomic mass is 16.6. The van der Waals surface area contributed by atoms with Crippen molar-refractivity contribution in [1.82, 2.24) is 0 Å². The molecule has 0 fully saturated rings. The predicted molar refractivity (Wildman–Crippen MR) is 54.2 cm³/mol. The largest absolute Gasteiger partial charge is 0.396 e. The molecule has 0 radical (unpaired) electrons. The lowest BCUT2D eigenvalue weighted by atomic mass is 10.0. The third-order valence-corrected chi connectivity index (χ3v) is 3.24. The van der Waals surface area contributed by atoms with Gasteiger partial charge in [0.05, 0.1) is 11.1 Å². The second-order valence-electron chi connectivity index (χ2n) is 4.30. The summed E-state index contributed by atoms with van der Waals surface area (Å²) in [6, 6.07) is 3.46. The van der Waals surface area contributed by atoms with Crippen LogP contribution in [0.25, 0.3) is 0 Å². The molecule has 0 atom stereocenters. The van der Waals surface area contributed by atoms with Gasteiger partial charge in [0, 0.05) is 6.61 Å². The number of cyclic esters (lactones) is 2. The lowest BCUT2D eigenvalue weighted by Gasteiger charge is -2.00. The van der Waals surface area contributed by atoms with Crippen molar-refractivity contribution in [2.24, 2.45) is 5.92 Å². The van der Waals surface area contributed by atoms with Gasteiger partial charge >= 0.3 is 11.9 Å². The zero-order valence-electron chi connectivity index (χ0n) is 8.53. The fraction of sp³-hybridized carbons (Fsp3) is 0.333. The topological polar surface area (TPSA) is 63.6 Å². The van der Waals surface area contributed by atoms with Crippen LogP contribution in [-0.4, -0.2) is 23.7 Å². The Balaban J connectivity index is 2.10. The third-order valence-electron chi connectivity index (χ3n) is 3.24. The Labute approximate surface area is 91.8 Å². The van der Waals surface area contributed by atoms with Crippen LogP contribution in [0, 0.1) is 5.92 Å². The lowest BCUT2D eigenvalue weighted by Crippen LogP contribution is -2.04. The van der Waals surface area contributed by atoms with E-state index in [0.29, 0.717) is 11.1 Å². The number of aliphatic hydroxyl groups excluding tert-OH is 1. The van der Waals surface area contributed by atoms with E-state index >= 15 is 0 Å². The number of esters is 2. The number of fused-ring (bicyclic) bond motifs is 2. The SMILES string of the molecule is O=C1OC(=O)c2cc3c(cc21)CC(CO)C3. The molecule has 0 aromatic heterocycles. The standard InChI is InChI=1S/C12H10O4/c13-5-6-1-7-3-9-10(4-8(7)2-6)12(15)16-11(9)14/h3-4,6,13H,1-2,5H2. The Morgan fingerprint density at radius 1 is 1.12 bits per heavy atom. The molecule has 0 amide bonds. The number of ether oxygens (including phenoxy) is 1. The molecule has 1 aromatic carbocycles. The summed E-state index contributed by atoms with van der Waals surface area (Å²) in [6.45, 7) is 0.137. The average Bonchev–Trinajstić information content (AvgIpc) is 2.79. The Kier molecular flexibility index (Phi) is 1.88. The van der Waals surface area contributed by atoms with Crippen molar-refractivity contribution >= 4 is 11.9 Å². The van der Waals surface area contributed by atoms with Gasteiger partial charge in [-0.3, -0.25) is 0 Å². The first-order valence-electron chi connectivity index (χ1n) is 5.22. The monoisotopic (exact) mass is 218 g/mol. The van der Waals surface area contributed by atoms with Crippen molar-refractivity contribution in [2.75, 3.05) is 6.61 Å². The number of carbonyl (C=O) groups is 2. The highest BCUT2D eigenvalue weighted by Crippen LogP contribution is 2.32. The van der Waals surface area contributed by atoms with Gasteiger partial charge in [-0.25, -0.2) is 9.59 Å². The summed E-state index contributed by atoms with van der Waals surface area (Å²) >= 11 is 0. The summed E-state index contributed by atoms with van der Waals surface area (Å²) in [7, 11) is 0. The van der Waals surface area contributed by atoms with E-state index in [1.54, 1.807) is 12.1 Å². The van der Waals surface area contributed by atoms with Crippen LogP contribution in [-0.2, 0) is 17.6 Å². The molecular weight excluding hydrogens is 208 g/mol. The Hall–Kier alpha value is -1.68. The van der Waals surface area contributed by atoms with Crippen LogP contribution >= 0.6 is 0 Å². The number of benzene rings is 1. The van der Waals surface area contributed by atoms with E-state index in [-0.39, 0.29) is 12.5 Å². The molecule has 3 rings (SSSR count). The van der Waals surface area contributed by atoms with E-state index in [4.69, 9.17) is 5.11 Å². The quantitative estimate of drug-likeness (QED) is 0.556. The van der Waals surface area contributed by atoms with Crippen molar-refractivity contribution in [3.8, 4) is 0 Å². The zero-order valence-corrected chi connectivity index (χ0v) is 8.53.